The van der Waals surface area contributed by atoms with Gasteiger partial charge in [-0.1, -0.05) is 40.6 Å². The van der Waals surface area contributed by atoms with Crippen LogP contribution in [0.25, 0.3) is 10.6 Å². The zero-order valence-corrected chi connectivity index (χ0v) is 22.2. The number of thiazole rings is 1. The number of nitrogens with zero attached hydrogens (tertiary/aromatic N) is 6. The smallest absolute Gasteiger partial charge is 0.322 e. The van der Waals surface area contributed by atoms with Crippen molar-refractivity contribution >= 4 is 45.5 Å². The van der Waals surface area contributed by atoms with Crippen LogP contribution in [-0.4, -0.2) is 63.0 Å². The van der Waals surface area contributed by atoms with Crippen LogP contribution in [0.5, 0.6) is 11.8 Å². The molecule has 36 heavy (non-hydrogen) atoms. The number of nitrogens with one attached hydrogen (secondary N) is 1. The van der Waals surface area contributed by atoms with Crippen LogP contribution in [0.3, 0.4) is 0 Å². The van der Waals surface area contributed by atoms with Gasteiger partial charge in [-0.3, -0.25) is 4.90 Å². The molecule has 3 aromatic heterocycles. The van der Waals surface area contributed by atoms with Gasteiger partial charge in [-0.05, 0) is 49.9 Å². The molecule has 4 aromatic rings. The van der Waals surface area contributed by atoms with Crippen molar-refractivity contribution in [2.45, 2.75) is 13.5 Å². The third-order valence-electron chi connectivity index (χ3n) is 5.75. The molecular formula is C25H25Cl2N7OS. The fourth-order valence-corrected chi connectivity index (χ4v) is 5.02. The molecule has 0 unspecified atom stereocenters. The first kappa shape index (κ1) is 24.9. The van der Waals surface area contributed by atoms with Gasteiger partial charge in [-0.2, -0.15) is 4.98 Å². The summed E-state index contributed by atoms with van der Waals surface area (Å²) in [6.07, 6.45) is 3.70. The molecule has 0 spiro atoms. The number of hydrogen-bond acceptors (Lipinski definition) is 9. The van der Waals surface area contributed by atoms with E-state index in [1.165, 1.54) is 16.9 Å². The van der Waals surface area contributed by atoms with Gasteiger partial charge in [-0.25, -0.2) is 15.0 Å². The van der Waals surface area contributed by atoms with Gasteiger partial charge in [0.2, 0.25) is 0 Å². The molecule has 4 heterocycles. The minimum absolute atomic E-state index is 0.203. The SMILES string of the molecule is Cc1cc(-c2cnc(Nc3ccc(CN4CCN(C)CC4)cn3)s2)nc(Oc2ccc(Cl)cc2Cl)n1. The third-order valence-corrected chi connectivity index (χ3v) is 7.21. The molecule has 0 saturated carbocycles. The summed E-state index contributed by atoms with van der Waals surface area (Å²) in [5.74, 6) is 1.18. The van der Waals surface area contributed by atoms with Crippen LogP contribution in [0.15, 0.2) is 48.8 Å². The number of rotatable bonds is 7. The predicted molar refractivity (Wildman–Crippen MR) is 145 cm³/mol. The lowest BCUT2D eigenvalue weighted by Crippen LogP contribution is -2.43. The number of benzene rings is 1. The zero-order chi connectivity index (χ0) is 25.1. The lowest BCUT2D eigenvalue weighted by molar-refractivity contribution is 0.148. The van der Waals surface area contributed by atoms with Crippen LogP contribution in [0.1, 0.15) is 11.3 Å². The third kappa shape index (κ3) is 6.29. The van der Waals surface area contributed by atoms with Crippen LogP contribution in [0.4, 0.5) is 10.9 Å². The van der Waals surface area contributed by atoms with E-state index in [2.05, 4.69) is 48.2 Å². The molecule has 0 atom stereocenters. The molecule has 0 aliphatic carbocycles. The molecule has 1 aromatic carbocycles. The van der Waals surface area contributed by atoms with E-state index in [1.54, 1.807) is 24.4 Å². The molecule has 186 valence electrons. The number of piperazine rings is 1. The van der Waals surface area contributed by atoms with E-state index in [4.69, 9.17) is 27.9 Å². The number of anilines is 2. The van der Waals surface area contributed by atoms with E-state index >= 15 is 0 Å². The van der Waals surface area contributed by atoms with Crippen molar-refractivity contribution in [3.05, 3.63) is 70.1 Å². The quantitative estimate of drug-likeness (QED) is 0.310. The predicted octanol–water partition coefficient (Wildman–Crippen LogP) is 5.89. The first-order valence-corrected chi connectivity index (χ1v) is 13.1. The number of halogens is 2. The highest BCUT2D eigenvalue weighted by atomic mass is 35.5. The van der Waals surface area contributed by atoms with Crippen molar-refractivity contribution in [2.75, 3.05) is 38.5 Å². The maximum atomic E-state index is 6.23. The van der Waals surface area contributed by atoms with E-state index in [0.29, 0.717) is 21.5 Å². The van der Waals surface area contributed by atoms with Gasteiger partial charge < -0.3 is 15.0 Å². The summed E-state index contributed by atoms with van der Waals surface area (Å²) in [6, 6.07) is 11.2. The molecule has 5 rings (SSSR count). The Kier molecular flexibility index (Phi) is 7.64. The highest BCUT2D eigenvalue weighted by Gasteiger charge is 2.15. The molecule has 0 radical (unpaired) electrons. The molecule has 11 heteroatoms. The Hall–Kier alpha value is -2.82. The van der Waals surface area contributed by atoms with Crippen LogP contribution in [-0.2, 0) is 6.54 Å². The van der Waals surface area contributed by atoms with Crippen LogP contribution in [0.2, 0.25) is 10.0 Å². The van der Waals surface area contributed by atoms with Gasteiger partial charge in [0.15, 0.2) is 5.13 Å². The summed E-state index contributed by atoms with van der Waals surface area (Å²) in [7, 11) is 2.17. The monoisotopic (exact) mass is 541 g/mol. The molecule has 1 aliphatic heterocycles. The Morgan fingerprint density at radius 1 is 1.00 bits per heavy atom. The molecule has 1 fully saturated rings. The van der Waals surface area contributed by atoms with Crippen molar-refractivity contribution in [3.8, 4) is 22.3 Å². The van der Waals surface area contributed by atoms with Crippen molar-refractivity contribution < 1.29 is 4.74 Å². The Balaban J connectivity index is 1.25. The van der Waals surface area contributed by atoms with Gasteiger partial charge in [0, 0.05) is 55.8 Å². The van der Waals surface area contributed by atoms with E-state index in [-0.39, 0.29) is 6.01 Å². The average molecular weight is 542 g/mol. The van der Waals surface area contributed by atoms with Crippen molar-refractivity contribution in [3.63, 3.8) is 0 Å². The number of hydrogen-bond donors (Lipinski definition) is 1. The summed E-state index contributed by atoms with van der Waals surface area (Å²) in [5.41, 5.74) is 2.68. The second-order valence-corrected chi connectivity index (χ2v) is 10.5. The number of aromatic nitrogens is 4. The molecule has 0 amide bonds. The molecule has 1 N–H and O–H groups in total. The zero-order valence-electron chi connectivity index (χ0n) is 19.9. The van der Waals surface area contributed by atoms with Crippen molar-refractivity contribution in [1.82, 2.24) is 29.7 Å². The number of pyridine rings is 1. The number of aryl methyl sites for hydroxylation is 1. The van der Waals surface area contributed by atoms with Gasteiger partial charge in [0.1, 0.15) is 11.6 Å². The Morgan fingerprint density at radius 3 is 2.58 bits per heavy atom. The van der Waals surface area contributed by atoms with Crippen LogP contribution >= 0.6 is 34.5 Å². The fraction of sp³-hybridized carbons (Fsp3) is 0.280. The number of ether oxygens (including phenoxy) is 1. The van der Waals surface area contributed by atoms with Crippen LogP contribution in [0, 0.1) is 6.92 Å². The van der Waals surface area contributed by atoms with E-state index in [1.807, 2.05) is 25.3 Å². The summed E-state index contributed by atoms with van der Waals surface area (Å²) in [4.78, 5) is 23.7. The first-order valence-electron chi connectivity index (χ1n) is 11.5. The summed E-state index contributed by atoms with van der Waals surface area (Å²) in [5, 5.41) is 4.93. The van der Waals surface area contributed by atoms with Gasteiger partial charge in [-0.15, -0.1) is 0 Å². The number of likely N-dealkylation sites (N-methyl/N-ethyl adjacent to an activating group) is 1. The molecule has 1 saturated heterocycles. The maximum Gasteiger partial charge on any atom is 0.322 e. The van der Waals surface area contributed by atoms with E-state index in [9.17, 15) is 0 Å². The topological polar surface area (TPSA) is 79.3 Å². The molecule has 1 aliphatic rings. The highest BCUT2D eigenvalue weighted by molar-refractivity contribution is 7.18. The fourth-order valence-electron chi connectivity index (χ4n) is 3.79. The van der Waals surface area contributed by atoms with E-state index in [0.717, 1.165) is 54.2 Å². The van der Waals surface area contributed by atoms with Gasteiger partial charge >= 0.3 is 6.01 Å². The van der Waals surface area contributed by atoms with E-state index < -0.39 is 0 Å². The minimum Gasteiger partial charge on any atom is -0.423 e. The largest absolute Gasteiger partial charge is 0.423 e. The molecule has 0 bridgehead atoms. The maximum absolute atomic E-state index is 6.23. The van der Waals surface area contributed by atoms with Gasteiger partial charge in [0.05, 0.1) is 15.6 Å². The second-order valence-electron chi connectivity index (χ2n) is 8.64. The second kappa shape index (κ2) is 11.1. The van der Waals surface area contributed by atoms with Crippen molar-refractivity contribution in [2.24, 2.45) is 0 Å². The highest BCUT2D eigenvalue weighted by Crippen LogP contribution is 2.33. The lowest BCUT2D eigenvalue weighted by Gasteiger charge is -2.32. The first-order chi connectivity index (χ1) is 17.4. The molecule has 8 nitrogen and oxygen atoms in total. The summed E-state index contributed by atoms with van der Waals surface area (Å²) < 4.78 is 5.82. The lowest BCUT2D eigenvalue weighted by atomic mass is 10.2. The summed E-state index contributed by atoms with van der Waals surface area (Å²) in [6.45, 7) is 7.18. The Morgan fingerprint density at radius 2 is 1.83 bits per heavy atom. The standard InChI is InChI=1S/C25H25Cl2N7OS/c1-16-11-20(31-24(30-16)35-21-5-4-18(26)12-19(21)27)22-14-29-25(36-22)32-23-6-3-17(13-28-23)15-34-9-7-33(2)8-10-34/h3-6,11-14H,7-10,15H2,1-2H3,(H,28,29,32). The minimum atomic E-state index is 0.203. The molecular weight excluding hydrogens is 517 g/mol. The van der Waals surface area contributed by atoms with Gasteiger partial charge in [0.25, 0.3) is 0 Å². The Bertz CT molecular complexity index is 1340. The normalized spacial score (nSPS) is 14.7. The van der Waals surface area contributed by atoms with Crippen molar-refractivity contribution in [1.29, 1.82) is 0 Å². The average Bonchev–Trinajstić information content (AvgIpc) is 3.32. The van der Waals surface area contributed by atoms with Crippen LogP contribution < -0.4 is 10.1 Å². The summed E-state index contributed by atoms with van der Waals surface area (Å²) >= 11 is 13.7. The Labute approximate surface area is 223 Å².